The number of carbonyl (C=O) groups excluding carboxylic acids is 1. The van der Waals surface area contributed by atoms with Crippen LogP contribution in [0, 0.1) is 5.92 Å². The van der Waals surface area contributed by atoms with Crippen molar-refractivity contribution in [2.24, 2.45) is 11.7 Å². The number of amides is 1. The van der Waals surface area contributed by atoms with Crippen LogP contribution < -0.4 is 11.1 Å². The molecule has 0 aliphatic carbocycles. The van der Waals surface area contributed by atoms with E-state index in [2.05, 4.69) is 5.32 Å². The van der Waals surface area contributed by atoms with Crippen LogP contribution in [0.5, 0.6) is 0 Å². The predicted octanol–water partition coefficient (Wildman–Crippen LogP) is -0.0343. The number of ether oxygens (including phenoxy) is 1. The maximum absolute atomic E-state index is 11.6. The van der Waals surface area contributed by atoms with Gasteiger partial charge in [-0.2, -0.15) is 0 Å². The lowest BCUT2D eigenvalue weighted by atomic mass is 10.0. The van der Waals surface area contributed by atoms with E-state index < -0.39 is 24.0 Å². The van der Waals surface area contributed by atoms with Gasteiger partial charge in [0.25, 0.3) is 0 Å². The Kier molecular flexibility index (Phi) is 7.49. The molecule has 0 saturated heterocycles. The van der Waals surface area contributed by atoms with E-state index in [1.165, 1.54) is 0 Å². The SMILES string of the molecule is COCCCC(N)C(=O)N[C@H](C(=O)O)C(C)C. The average Bonchev–Trinajstić information content (AvgIpc) is 2.24. The van der Waals surface area contributed by atoms with Gasteiger partial charge in [0.15, 0.2) is 0 Å². The zero-order chi connectivity index (χ0) is 13.4. The number of carboxylic acid groups (broad SMARTS) is 1. The Labute approximate surface area is 102 Å². The van der Waals surface area contributed by atoms with Crippen LogP contribution in [0.2, 0.25) is 0 Å². The molecule has 0 saturated carbocycles. The van der Waals surface area contributed by atoms with Gasteiger partial charge in [-0.15, -0.1) is 0 Å². The number of rotatable bonds is 8. The summed E-state index contributed by atoms with van der Waals surface area (Å²) < 4.78 is 4.85. The molecule has 0 aliphatic rings. The number of nitrogens with two attached hydrogens (primary N) is 1. The zero-order valence-electron chi connectivity index (χ0n) is 10.6. The second-order valence-corrected chi connectivity index (χ2v) is 4.31. The average molecular weight is 246 g/mol. The first kappa shape index (κ1) is 15.9. The Hall–Kier alpha value is -1.14. The summed E-state index contributed by atoms with van der Waals surface area (Å²) in [7, 11) is 1.57. The smallest absolute Gasteiger partial charge is 0.326 e. The van der Waals surface area contributed by atoms with Crippen molar-refractivity contribution in [3.63, 3.8) is 0 Å². The fourth-order valence-corrected chi connectivity index (χ4v) is 1.35. The fourth-order valence-electron chi connectivity index (χ4n) is 1.35. The summed E-state index contributed by atoms with van der Waals surface area (Å²) in [6, 6.07) is -1.58. The van der Waals surface area contributed by atoms with Crippen molar-refractivity contribution in [3.8, 4) is 0 Å². The molecule has 1 amide bonds. The van der Waals surface area contributed by atoms with Crippen molar-refractivity contribution in [2.75, 3.05) is 13.7 Å². The van der Waals surface area contributed by atoms with Gasteiger partial charge in [-0.3, -0.25) is 4.79 Å². The molecule has 0 rings (SSSR count). The Morgan fingerprint density at radius 2 is 2.00 bits per heavy atom. The highest BCUT2D eigenvalue weighted by Gasteiger charge is 2.25. The summed E-state index contributed by atoms with van der Waals surface area (Å²) in [4.78, 5) is 22.5. The highest BCUT2D eigenvalue weighted by atomic mass is 16.5. The first-order chi connectivity index (χ1) is 7.90. The second-order valence-electron chi connectivity index (χ2n) is 4.31. The van der Waals surface area contributed by atoms with E-state index in [-0.39, 0.29) is 5.92 Å². The minimum Gasteiger partial charge on any atom is -0.480 e. The van der Waals surface area contributed by atoms with E-state index >= 15 is 0 Å². The number of carbonyl (C=O) groups is 2. The molecular weight excluding hydrogens is 224 g/mol. The standard InChI is InChI=1S/C11H22N2O4/c1-7(2)9(11(15)16)13-10(14)8(12)5-4-6-17-3/h7-9H,4-6,12H2,1-3H3,(H,13,14)(H,15,16)/t8?,9-/m0/s1. The fraction of sp³-hybridized carbons (Fsp3) is 0.818. The van der Waals surface area contributed by atoms with E-state index in [0.717, 1.165) is 0 Å². The van der Waals surface area contributed by atoms with Gasteiger partial charge in [-0.25, -0.2) is 4.79 Å². The molecule has 0 bridgehead atoms. The third-order valence-corrected chi connectivity index (χ3v) is 2.43. The molecular formula is C11H22N2O4. The molecule has 0 aromatic carbocycles. The van der Waals surface area contributed by atoms with Crippen molar-refractivity contribution in [1.82, 2.24) is 5.32 Å². The van der Waals surface area contributed by atoms with Crippen LogP contribution in [0.15, 0.2) is 0 Å². The van der Waals surface area contributed by atoms with Gasteiger partial charge in [0.1, 0.15) is 6.04 Å². The van der Waals surface area contributed by atoms with E-state index in [4.69, 9.17) is 15.6 Å². The Morgan fingerprint density at radius 3 is 2.41 bits per heavy atom. The molecule has 100 valence electrons. The van der Waals surface area contributed by atoms with E-state index in [0.29, 0.717) is 19.4 Å². The van der Waals surface area contributed by atoms with Crippen LogP contribution in [-0.2, 0) is 14.3 Å². The third kappa shape index (κ3) is 6.23. The minimum atomic E-state index is -1.04. The number of carboxylic acids is 1. The van der Waals surface area contributed by atoms with E-state index in [9.17, 15) is 9.59 Å². The summed E-state index contributed by atoms with van der Waals surface area (Å²) in [6.07, 6.45) is 1.15. The minimum absolute atomic E-state index is 0.178. The molecule has 4 N–H and O–H groups in total. The summed E-state index contributed by atoms with van der Waals surface area (Å²) >= 11 is 0. The largest absolute Gasteiger partial charge is 0.480 e. The van der Waals surface area contributed by atoms with Crippen LogP contribution in [0.25, 0.3) is 0 Å². The second kappa shape index (κ2) is 8.03. The topological polar surface area (TPSA) is 102 Å². The molecule has 6 nitrogen and oxygen atoms in total. The molecule has 2 atom stereocenters. The quantitative estimate of drug-likeness (QED) is 0.522. The lowest BCUT2D eigenvalue weighted by Crippen LogP contribution is -2.50. The lowest BCUT2D eigenvalue weighted by Gasteiger charge is -2.20. The lowest BCUT2D eigenvalue weighted by molar-refractivity contribution is -0.143. The number of nitrogens with one attached hydrogen (secondary N) is 1. The normalized spacial score (nSPS) is 14.4. The summed E-state index contributed by atoms with van der Waals surface area (Å²) in [5.41, 5.74) is 5.65. The molecule has 0 spiro atoms. The molecule has 1 unspecified atom stereocenters. The first-order valence-electron chi connectivity index (χ1n) is 5.67. The number of hydrogen-bond acceptors (Lipinski definition) is 4. The third-order valence-electron chi connectivity index (χ3n) is 2.43. The van der Waals surface area contributed by atoms with Crippen LogP contribution in [-0.4, -0.2) is 42.8 Å². The van der Waals surface area contributed by atoms with Crippen LogP contribution in [0.4, 0.5) is 0 Å². The zero-order valence-corrected chi connectivity index (χ0v) is 10.6. The van der Waals surface area contributed by atoms with Crippen molar-refractivity contribution in [2.45, 2.75) is 38.8 Å². The van der Waals surface area contributed by atoms with Crippen LogP contribution in [0.3, 0.4) is 0 Å². The number of methoxy groups -OCH3 is 1. The Balaban J connectivity index is 4.16. The van der Waals surface area contributed by atoms with Gasteiger partial charge in [0.05, 0.1) is 6.04 Å². The Bertz CT molecular complexity index is 256. The molecule has 0 fully saturated rings. The van der Waals surface area contributed by atoms with Gasteiger partial charge in [0, 0.05) is 13.7 Å². The van der Waals surface area contributed by atoms with Gasteiger partial charge in [-0.1, -0.05) is 13.8 Å². The summed E-state index contributed by atoms with van der Waals surface area (Å²) in [5.74, 6) is -1.65. The molecule has 6 heteroatoms. The molecule has 0 aromatic heterocycles. The van der Waals surface area contributed by atoms with Gasteiger partial charge < -0.3 is 20.9 Å². The van der Waals surface area contributed by atoms with Crippen LogP contribution in [0.1, 0.15) is 26.7 Å². The Morgan fingerprint density at radius 1 is 1.41 bits per heavy atom. The van der Waals surface area contributed by atoms with Crippen molar-refractivity contribution in [3.05, 3.63) is 0 Å². The molecule has 0 aromatic rings. The highest BCUT2D eigenvalue weighted by Crippen LogP contribution is 2.03. The summed E-state index contributed by atoms with van der Waals surface area (Å²) in [6.45, 7) is 4.00. The van der Waals surface area contributed by atoms with E-state index in [1.807, 2.05) is 0 Å². The number of aliphatic carboxylic acids is 1. The maximum Gasteiger partial charge on any atom is 0.326 e. The monoisotopic (exact) mass is 246 g/mol. The summed E-state index contributed by atoms with van der Waals surface area (Å²) in [5, 5.41) is 11.4. The van der Waals surface area contributed by atoms with Crippen LogP contribution >= 0.6 is 0 Å². The predicted molar refractivity (Wildman–Crippen MR) is 63.5 cm³/mol. The maximum atomic E-state index is 11.6. The highest BCUT2D eigenvalue weighted by molar-refractivity contribution is 5.86. The molecule has 17 heavy (non-hydrogen) atoms. The molecule has 0 heterocycles. The van der Waals surface area contributed by atoms with Gasteiger partial charge in [0.2, 0.25) is 5.91 Å². The number of hydrogen-bond donors (Lipinski definition) is 3. The van der Waals surface area contributed by atoms with Gasteiger partial charge >= 0.3 is 5.97 Å². The van der Waals surface area contributed by atoms with Crippen molar-refractivity contribution >= 4 is 11.9 Å². The molecule has 0 radical (unpaired) electrons. The van der Waals surface area contributed by atoms with Gasteiger partial charge in [-0.05, 0) is 18.8 Å². The van der Waals surface area contributed by atoms with E-state index in [1.54, 1.807) is 21.0 Å². The van der Waals surface area contributed by atoms with Crippen molar-refractivity contribution < 1.29 is 19.4 Å². The first-order valence-corrected chi connectivity index (χ1v) is 5.67. The van der Waals surface area contributed by atoms with Crippen molar-refractivity contribution in [1.29, 1.82) is 0 Å². The molecule has 0 aliphatic heterocycles.